The van der Waals surface area contributed by atoms with Crippen LogP contribution < -0.4 is 10.1 Å². The first-order valence-corrected chi connectivity index (χ1v) is 10.4. The summed E-state index contributed by atoms with van der Waals surface area (Å²) in [6.45, 7) is 3.05. The lowest BCUT2D eigenvalue weighted by atomic mass is 9.87. The average Bonchev–Trinajstić information content (AvgIpc) is 2.72. The maximum atomic E-state index is 12.5. The van der Waals surface area contributed by atoms with Gasteiger partial charge in [0.1, 0.15) is 5.75 Å². The number of nitrogens with zero attached hydrogens (tertiary/aromatic N) is 2. The monoisotopic (exact) mass is 379 g/mol. The van der Waals surface area contributed by atoms with Crippen molar-refractivity contribution in [2.75, 3.05) is 19.7 Å². The van der Waals surface area contributed by atoms with E-state index in [1.54, 1.807) is 0 Å². The van der Waals surface area contributed by atoms with E-state index in [1.165, 1.54) is 17.5 Å². The number of para-hydroxylation sites is 1. The summed E-state index contributed by atoms with van der Waals surface area (Å²) in [7, 11) is 0. The van der Waals surface area contributed by atoms with Crippen LogP contribution in [-0.4, -0.2) is 41.5 Å². The predicted octanol–water partition coefficient (Wildman–Crippen LogP) is 3.19. The van der Waals surface area contributed by atoms with Gasteiger partial charge in [-0.05, 0) is 54.9 Å². The lowest BCUT2D eigenvalue weighted by molar-refractivity contribution is -0.124. The van der Waals surface area contributed by atoms with Crippen LogP contribution in [0.3, 0.4) is 0 Å². The maximum absolute atomic E-state index is 12.5. The van der Waals surface area contributed by atoms with Gasteiger partial charge in [-0.15, -0.1) is 0 Å². The van der Waals surface area contributed by atoms with Gasteiger partial charge in [-0.1, -0.05) is 30.7 Å². The Morgan fingerprint density at radius 3 is 2.96 bits per heavy atom. The molecule has 5 heteroatoms. The minimum atomic E-state index is -0.00825. The molecule has 5 nitrogen and oxygen atoms in total. The Kier molecular flexibility index (Phi) is 6.22. The Labute approximate surface area is 167 Å². The highest BCUT2D eigenvalue weighted by Gasteiger charge is 2.30. The van der Waals surface area contributed by atoms with Gasteiger partial charge in [0.05, 0.1) is 0 Å². The van der Waals surface area contributed by atoms with Crippen LogP contribution in [0.1, 0.15) is 36.8 Å². The van der Waals surface area contributed by atoms with Gasteiger partial charge in [-0.2, -0.15) is 0 Å². The molecule has 3 heterocycles. The standard InChI is InChI=1S/C23H29N3O2/c27-23-17-28-22-10-4-3-8-19(22)7-1-2-9-20-16-26(13-11-21(20)25-23)15-18-6-5-12-24-14-18/h3-6,8,10,12,14,20-21H,1-2,7,9,11,13,15-17H2,(H,25,27)/t20-,21+/m0/s1. The third-order valence-electron chi connectivity index (χ3n) is 5.90. The number of pyridine rings is 1. The Balaban J connectivity index is 1.41. The van der Waals surface area contributed by atoms with E-state index in [0.717, 1.165) is 51.1 Å². The molecule has 2 aliphatic rings. The highest BCUT2D eigenvalue weighted by Crippen LogP contribution is 2.26. The molecule has 0 saturated carbocycles. The zero-order valence-electron chi connectivity index (χ0n) is 16.3. The molecule has 2 aliphatic heterocycles. The molecule has 148 valence electrons. The summed E-state index contributed by atoms with van der Waals surface area (Å²) in [6.07, 6.45) is 9.24. The molecule has 1 saturated heterocycles. The van der Waals surface area contributed by atoms with Crippen LogP contribution in [0.15, 0.2) is 48.8 Å². The Morgan fingerprint density at radius 2 is 2.07 bits per heavy atom. The van der Waals surface area contributed by atoms with Gasteiger partial charge >= 0.3 is 0 Å². The Bertz CT molecular complexity index is 780. The fourth-order valence-electron chi connectivity index (χ4n) is 4.45. The summed E-state index contributed by atoms with van der Waals surface area (Å²) in [4.78, 5) is 19.2. The van der Waals surface area contributed by atoms with Crippen LogP contribution >= 0.6 is 0 Å². The van der Waals surface area contributed by atoms with Crippen molar-refractivity contribution in [3.63, 3.8) is 0 Å². The maximum Gasteiger partial charge on any atom is 0.258 e. The second-order valence-corrected chi connectivity index (χ2v) is 7.96. The number of piperidine rings is 1. The first-order chi connectivity index (χ1) is 13.8. The minimum absolute atomic E-state index is 0.00825. The highest BCUT2D eigenvalue weighted by molar-refractivity contribution is 5.78. The lowest BCUT2D eigenvalue weighted by Crippen LogP contribution is -2.51. The number of carbonyl (C=O) groups excluding carboxylic acids is 1. The number of hydrogen-bond donors (Lipinski definition) is 1. The van der Waals surface area contributed by atoms with Crippen molar-refractivity contribution < 1.29 is 9.53 Å². The van der Waals surface area contributed by atoms with E-state index in [4.69, 9.17) is 4.74 Å². The third-order valence-corrected chi connectivity index (χ3v) is 5.90. The van der Waals surface area contributed by atoms with Crippen molar-refractivity contribution in [3.8, 4) is 5.75 Å². The second kappa shape index (κ2) is 9.20. The molecule has 1 aromatic carbocycles. The number of aryl methyl sites for hydroxylation is 1. The van der Waals surface area contributed by atoms with Gasteiger partial charge in [-0.25, -0.2) is 0 Å². The molecule has 2 atom stereocenters. The number of rotatable bonds is 2. The van der Waals surface area contributed by atoms with Gasteiger partial charge in [0.15, 0.2) is 6.61 Å². The van der Waals surface area contributed by atoms with Gasteiger partial charge in [0.25, 0.3) is 5.91 Å². The summed E-state index contributed by atoms with van der Waals surface area (Å²) in [5.41, 5.74) is 2.46. The van der Waals surface area contributed by atoms with Crippen LogP contribution in [0.4, 0.5) is 0 Å². The number of ether oxygens (including phenoxy) is 1. The topological polar surface area (TPSA) is 54.5 Å². The summed E-state index contributed by atoms with van der Waals surface area (Å²) in [6, 6.07) is 12.5. The molecule has 0 aliphatic carbocycles. The van der Waals surface area contributed by atoms with E-state index in [-0.39, 0.29) is 18.6 Å². The SMILES string of the molecule is O=C1COc2ccccc2CCCC[C@H]2CN(Cc3cccnc3)CC[C@H]2N1. The largest absolute Gasteiger partial charge is 0.483 e. The smallest absolute Gasteiger partial charge is 0.258 e. The van der Waals surface area contributed by atoms with Gasteiger partial charge in [0.2, 0.25) is 0 Å². The zero-order chi connectivity index (χ0) is 19.2. The van der Waals surface area contributed by atoms with E-state index in [9.17, 15) is 4.79 Å². The number of likely N-dealkylation sites (tertiary alicyclic amines) is 1. The van der Waals surface area contributed by atoms with Crippen LogP contribution in [-0.2, 0) is 17.8 Å². The fraction of sp³-hybridized carbons (Fsp3) is 0.478. The summed E-state index contributed by atoms with van der Waals surface area (Å²) >= 11 is 0. The van der Waals surface area contributed by atoms with Crippen LogP contribution in [0.5, 0.6) is 5.75 Å². The van der Waals surface area contributed by atoms with Gasteiger partial charge < -0.3 is 10.1 Å². The average molecular weight is 380 g/mol. The third kappa shape index (κ3) is 4.90. The number of nitrogens with one attached hydrogen (secondary N) is 1. The number of fused-ring (bicyclic) bond motifs is 2. The number of carbonyl (C=O) groups is 1. The van der Waals surface area contributed by atoms with E-state index in [0.29, 0.717) is 5.92 Å². The van der Waals surface area contributed by atoms with Crippen molar-refractivity contribution in [2.45, 2.75) is 44.7 Å². The molecule has 2 aromatic rings. The molecule has 0 radical (unpaired) electrons. The molecule has 1 aromatic heterocycles. The normalized spacial score (nSPS) is 23.9. The second-order valence-electron chi connectivity index (χ2n) is 7.96. The molecule has 0 spiro atoms. The van der Waals surface area contributed by atoms with Crippen molar-refractivity contribution in [1.82, 2.24) is 15.2 Å². The van der Waals surface area contributed by atoms with Gasteiger partial charge in [0, 0.05) is 38.1 Å². The van der Waals surface area contributed by atoms with Crippen LogP contribution in [0.2, 0.25) is 0 Å². The highest BCUT2D eigenvalue weighted by atomic mass is 16.5. The van der Waals surface area contributed by atoms with E-state index < -0.39 is 0 Å². The molecule has 1 amide bonds. The summed E-state index contributed by atoms with van der Waals surface area (Å²) in [5, 5.41) is 3.25. The summed E-state index contributed by atoms with van der Waals surface area (Å²) < 4.78 is 5.82. The van der Waals surface area contributed by atoms with Crippen molar-refractivity contribution >= 4 is 5.91 Å². The molecular weight excluding hydrogens is 350 g/mol. The molecule has 1 fully saturated rings. The van der Waals surface area contributed by atoms with E-state index in [2.05, 4.69) is 27.3 Å². The predicted molar refractivity (Wildman–Crippen MR) is 109 cm³/mol. The quantitative estimate of drug-likeness (QED) is 0.871. The van der Waals surface area contributed by atoms with E-state index >= 15 is 0 Å². The summed E-state index contributed by atoms with van der Waals surface area (Å²) in [5.74, 6) is 1.33. The van der Waals surface area contributed by atoms with Crippen molar-refractivity contribution in [2.24, 2.45) is 5.92 Å². The number of hydrogen-bond acceptors (Lipinski definition) is 4. The number of amides is 1. The molecule has 1 N–H and O–H groups in total. The first kappa shape index (κ1) is 18.9. The molecular formula is C23H29N3O2. The van der Waals surface area contributed by atoms with Gasteiger partial charge in [-0.3, -0.25) is 14.7 Å². The van der Waals surface area contributed by atoms with Crippen LogP contribution in [0.25, 0.3) is 0 Å². The Morgan fingerprint density at radius 1 is 1.14 bits per heavy atom. The lowest BCUT2D eigenvalue weighted by Gasteiger charge is -2.39. The number of benzene rings is 1. The molecule has 0 unspecified atom stereocenters. The molecule has 4 rings (SSSR count). The zero-order valence-corrected chi connectivity index (χ0v) is 16.3. The first-order valence-electron chi connectivity index (χ1n) is 10.4. The number of aromatic nitrogens is 1. The van der Waals surface area contributed by atoms with Crippen LogP contribution in [0, 0.1) is 5.92 Å². The molecule has 28 heavy (non-hydrogen) atoms. The fourth-order valence-corrected chi connectivity index (χ4v) is 4.45. The van der Waals surface area contributed by atoms with Crippen molar-refractivity contribution in [1.29, 1.82) is 0 Å². The Hall–Kier alpha value is -2.40. The minimum Gasteiger partial charge on any atom is -0.483 e. The van der Waals surface area contributed by atoms with Crippen molar-refractivity contribution in [3.05, 3.63) is 59.9 Å². The molecule has 0 bridgehead atoms. The van der Waals surface area contributed by atoms with E-state index in [1.807, 2.05) is 36.7 Å².